The SMILES string of the molecule is OCc1c(Cl)ccc2sc(=S)[nH]c12.[Al+3].[H-].[H-].[H-].[H-].[Li+]. The van der Waals surface area contributed by atoms with E-state index in [1.165, 1.54) is 11.3 Å². The molecule has 15 heavy (non-hydrogen) atoms. The number of aromatic amines is 1. The summed E-state index contributed by atoms with van der Waals surface area (Å²) in [6.45, 7) is -0.0713. The van der Waals surface area contributed by atoms with Crippen molar-refractivity contribution < 1.29 is 29.7 Å². The van der Waals surface area contributed by atoms with E-state index in [9.17, 15) is 0 Å². The van der Waals surface area contributed by atoms with Gasteiger partial charge in [0.05, 0.1) is 16.8 Å². The number of hydrogen-bond acceptors (Lipinski definition) is 3. The van der Waals surface area contributed by atoms with Gasteiger partial charge in [-0.1, -0.05) is 11.6 Å². The van der Waals surface area contributed by atoms with E-state index in [0.717, 1.165) is 10.2 Å². The number of H-pyrrole nitrogens is 1. The number of benzene rings is 1. The molecule has 0 aliphatic rings. The van der Waals surface area contributed by atoms with Crippen LogP contribution < -0.4 is 18.9 Å². The summed E-state index contributed by atoms with van der Waals surface area (Å²) in [5.74, 6) is 0. The Hall–Kier alpha value is 0.710. The third-order valence-electron chi connectivity index (χ3n) is 1.81. The predicted molar refractivity (Wildman–Crippen MR) is 68.1 cm³/mol. The van der Waals surface area contributed by atoms with Crippen LogP contribution in [0.2, 0.25) is 5.02 Å². The van der Waals surface area contributed by atoms with Crippen LogP contribution in [0.15, 0.2) is 12.1 Å². The Bertz CT molecular complexity index is 527. The molecule has 2 nitrogen and oxygen atoms in total. The van der Waals surface area contributed by atoms with Crippen LogP contribution in [0.25, 0.3) is 10.2 Å². The van der Waals surface area contributed by atoms with Gasteiger partial charge in [-0.05, 0) is 24.4 Å². The zero-order valence-electron chi connectivity index (χ0n) is 12.1. The van der Waals surface area contributed by atoms with Crippen molar-refractivity contribution >= 4 is 62.7 Å². The molecule has 0 unspecified atom stereocenters. The van der Waals surface area contributed by atoms with Gasteiger partial charge in [-0.3, -0.25) is 0 Å². The van der Waals surface area contributed by atoms with E-state index in [4.69, 9.17) is 28.9 Å². The van der Waals surface area contributed by atoms with Gasteiger partial charge in [0.25, 0.3) is 0 Å². The van der Waals surface area contributed by atoms with Crippen LogP contribution in [-0.2, 0) is 6.61 Å². The van der Waals surface area contributed by atoms with E-state index < -0.39 is 0 Å². The summed E-state index contributed by atoms with van der Waals surface area (Å²) >= 11 is 12.4. The number of aliphatic hydroxyl groups is 1. The minimum Gasteiger partial charge on any atom is -1.00 e. The molecule has 0 radical (unpaired) electrons. The van der Waals surface area contributed by atoms with E-state index in [0.29, 0.717) is 14.5 Å². The molecule has 0 spiro atoms. The molecular formula is C8H10AlClLiNOS2. The van der Waals surface area contributed by atoms with Crippen molar-refractivity contribution in [1.29, 1.82) is 0 Å². The third kappa shape index (κ3) is 3.09. The monoisotopic (exact) mass is 269 g/mol. The maximum Gasteiger partial charge on any atom is 3.00 e. The largest absolute Gasteiger partial charge is 3.00 e. The maximum atomic E-state index is 9.09. The van der Waals surface area contributed by atoms with Crippen LogP contribution in [0.1, 0.15) is 11.3 Å². The molecule has 0 atom stereocenters. The summed E-state index contributed by atoms with van der Waals surface area (Å²) in [6.07, 6.45) is 0. The molecule has 1 aromatic carbocycles. The van der Waals surface area contributed by atoms with Crippen molar-refractivity contribution in [3.05, 3.63) is 26.7 Å². The smallest absolute Gasteiger partial charge is 1.00 e. The number of nitrogens with one attached hydrogen (secondary N) is 1. The second kappa shape index (κ2) is 6.45. The molecule has 7 heteroatoms. The van der Waals surface area contributed by atoms with Gasteiger partial charge in [-0.15, -0.1) is 11.3 Å². The summed E-state index contributed by atoms with van der Waals surface area (Å²) in [5, 5.41) is 9.66. The van der Waals surface area contributed by atoms with Crippen LogP contribution in [-0.4, -0.2) is 27.5 Å². The van der Waals surface area contributed by atoms with Gasteiger partial charge in [0.2, 0.25) is 0 Å². The Morgan fingerprint density at radius 3 is 2.80 bits per heavy atom. The van der Waals surface area contributed by atoms with Gasteiger partial charge in [-0.2, -0.15) is 0 Å². The topological polar surface area (TPSA) is 36.0 Å². The second-order valence-electron chi connectivity index (χ2n) is 2.57. The van der Waals surface area contributed by atoms with E-state index in [2.05, 4.69) is 4.98 Å². The van der Waals surface area contributed by atoms with Crippen LogP contribution >= 0.6 is 35.2 Å². The molecule has 0 amide bonds. The van der Waals surface area contributed by atoms with Crippen molar-refractivity contribution in [3.63, 3.8) is 0 Å². The van der Waals surface area contributed by atoms with Gasteiger partial charge >= 0.3 is 36.2 Å². The summed E-state index contributed by atoms with van der Waals surface area (Å²) in [5.41, 5.74) is 1.57. The number of rotatable bonds is 1. The number of aliphatic hydroxyl groups excluding tert-OH is 1. The Morgan fingerprint density at radius 2 is 2.20 bits per heavy atom. The normalized spacial score (nSPS) is 9.47. The second-order valence-corrected chi connectivity index (χ2v) is 4.70. The first-order valence-corrected chi connectivity index (χ1v) is 5.23. The maximum absolute atomic E-state index is 9.09. The van der Waals surface area contributed by atoms with Crippen molar-refractivity contribution in [2.45, 2.75) is 6.61 Å². The number of fused-ring (bicyclic) bond motifs is 1. The molecular weight excluding hydrogens is 260 g/mol. The molecule has 2 rings (SSSR count). The van der Waals surface area contributed by atoms with E-state index in [1.807, 2.05) is 6.07 Å². The molecule has 2 aromatic rings. The number of halogens is 1. The molecule has 2 N–H and O–H groups in total. The fraction of sp³-hybridized carbons (Fsp3) is 0.125. The summed E-state index contributed by atoms with van der Waals surface area (Å²) in [6, 6.07) is 3.67. The first-order chi connectivity index (χ1) is 6.22. The number of aromatic nitrogens is 1. The van der Waals surface area contributed by atoms with Gasteiger partial charge < -0.3 is 15.8 Å². The Labute approximate surface area is 130 Å². The average Bonchev–Trinajstić information content (AvgIpc) is 2.45. The van der Waals surface area contributed by atoms with E-state index in [-0.39, 0.29) is 48.5 Å². The zero-order valence-corrected chi connectivity index (χ0v) is 11.6. The molecule has 0 saturated heterocycles. The number of hydrogen-bond donors (Lipinski definition) is 2. The summed E-state index contributed by atoms with van der Waals surface area (Å²) < 4.78 is 1.73. The molecule has 76 valence electrons. The van der Waals surface area contributed by atoms with Gasteiger partial charge in [0.15, 0.2) is 3.95 Å². The average molecular weight is 270 g/mol. The van der Waals surface area contributed by atoms with Crippen molar-refractivity contribution in [2.75, 3.05) is 0 Å². The molecule has 0 aliphatic carbocycles. The van der Waals surface area contributed by atoms with E-state index >= 15 is 0 Å². The van der Waals surface area contributed by atoms with Crippen molar-refractivity contribution in [2.24, 2.45) is 0 Å². The number of thiazole rings is 1. The quantitative estimate of drug-likeness (QED) is 0.572. The molecule has 1 heterocycles. The first kappa shape index (κ1) is 15.7. The van der Waals surface area contributed by atoms with Gasteiger partial charge in [-0.25, -0.2) is 0 Å². The van der Waals surface area contributed by atoms with Crippen LogP contribution in [0, 0.1) is 3.95 Å². The van der Waals surface area contributed by atoms with Crippen molar-refractivity contribution in [1.82, 2.24) is 4.98 Å². The Balaban J connectivity index is -0.000000109. The summed E-state index contributed by atoms with van der Waals surface area (Å²) in [4.78, 5) is 3.01. The molecule has 0 saturated carbocycles. The Morgan fingerprint density at radius 1 is 1.53 bits per heavy atom. The van der Waals surface area contributed by atoms with Crippen LogP contribution in [0.4, 0.5) is 0 Å². The van der Waals surface area contributed by atoms with Gasteiger partial charge in [0, 0.05) is 10.6 Å². The fourth-order valence-electron chi connectivity index (χ4n) is 1.21. The van der Waals surface area contributed by atoms with Gasteiger partial charge in [0.1, 0.15) is 0 Å². The standard InChI is InChI=1S/C8H6ClNOS2.Al.Li.4H/c9-5-1-2-6-7(4(5)3-11)10-8(12)13-6;;;;;;/h1-2,11H,3H2,(H,10,12);;;;;;/q;+3;+1;4*-1. The predicted octanol–water partition coefficient (Wildman–Crippen LogP) is 0.178. The fourth-order valence-corrected chi connectivity index (χ4v) is 2.56. The molecule has 0 bridgehead atoms. The minimum absolute atomic E-state index is 0. The summed E-state index contributed by atoms with van der Waals surface area (Å²) in [7, 11) is 0. The Kier molecular flexibility index (Phi) is 6.75. The molecule has 0 fully saturated rings. The van der Waals surface area contributed by atoms with E-state index in [1.54, 1.807) is 6.07 Å². The minimum atomic E-state index is -0.0713. The van der Waals surface area contributed by atoms with Crippen LogP contribution in [0.3, 0.4) is 0 Å². The zero-order chi connectivity index (χ0) is 9.42. The first-order valence-electron chi connectivity index (χ1n) is 3.63. The molecule has 0 aliphatic heterocycles. The molecule has 1 aromatic heterocycles. The van der Waals surface area contributed by atoms with Crippen LogP contribution in [0.5, 0.6) is 0 Å². The van der Waals surface area contributed by atoms with Crippen molar-refractivity contribution in [3.8, 4) is 0 Å². The third-order valence-corrected chi connectivity index (χ3v) is 3.36.